The Balaban J connectivity index is 2.87. The molecule has 0 radical (unpaired) electrons. The highest BCUT2D eigenvalue weighted by Crippen LogP contribution is 2.21. The van der Waals surface area contributed by atoms with Gasteiger partial charge in [0, 0.05) is 6.54 Å². The first-order chi connectivity index (χ1) is 9.57. The summed E-state index contributed by atoms with van der Waals surface area (Å²) in [6.07, 6.45) is -0.558. The van der Waals surface area contributed by atoms with Crippen molar-refractivity contribution in [1.29, 1.82) is 0 Å². The van der Waals surface area contributed by atoms with Crippen molar-refractivity contribution in [1.82, 2.24) is 4.72 Å². The second-order valence-electron chi connectivity index (χ2n) is 5.02. The van der Waals surface area contributed by atoms with Gasteiger partial charge in [-0.3, -0.25) is 4.79 Å². The normalized spacial score (nSPS) is 14.5. The van der Waals surface area contributed by atoms with Crippen LogP contribution in [0.25, 0.3) is 0 Å². The first-order valence-electron chi connectivity index (χ1n) is 6.16. The lowest BCUT2D eigenvalue weighted by Crippen LogP contribution is -2.42. The zero-order valence-corrected chi connectivity index (χ0v) is 12.9. The summed E-state index contributed by atoms with van der Waals surface area (Å²) >= 11 is 0. The molecule has 0 aliphatic rings. The third kappa shape index (κ3) is 5.00. The molecule has 1 aromatic carbocycles. The smallest absolute Gasteiger partial charge is 0.306 e. The van der Waals surface area contributed by atoms with E-state index in [1.807, 2.05) is 0 Å². The second kappa shape index (κ2) is 6.42. The van der Waals surface area contributed by atoms with Gasteiger partial charge >= 0.3 is 5.97 Å². The zero-order chi connectivity index (χ0) is 16.3. The number of aryl methyl sites for hydroxylation is 1. The maximum Gasteiger partial charge on any atom is 0.306 e. The standard InChI is InChI=1S/C13H19NO6S/c1-9-6-10(4-5-11(9)20-3)21(18,19)14-8-13(2,17)7-12(15)16/h4-6,14,17H,7-8H2,1-3H3,(H,15,16). The van der Waals surface area contributed by atoms with E-state index < -0.39 is 34.6 Å². The van der Waals surface area contributed by atoms with Crippen molar-refractivity contribution in [2.45, 2.75) is 30.8 Å². The summed E-state index contributed by atoms with van der Waals surface area (Å²) in [5.74, 6) is -0.647. The number of carbonyl (C=O) groups is 1. The molecule has 0 spiro atoms. The molecule has 8 heteroatoms. The van der Waals surface area contributed by atoms with Gasteiger partial charge in [0.2, 0.25) is 10.0 Å². The van der Waals surface area contributed by atoms with Gasteiger partial charge < -0.3 is 14.9 Å². The lowest BCUT2D eigenvalue weighted by molar-refractivity contribution is -0.141. The van der Waals surface area contributed by atoms with E-state index in [-0.39, 0.29) is 4.90 Å². The highest BCUT2D eigenvalue weighted by Gasteiger charge is 2.27. The Morgan fingerprint density at radius 1 is 1.43 bits per heavy atom. The number of nitrogens with one attached hydrogen (secondary N) is 1. The molecule has 0 saturated heterocycles. The topological polar surface area (TPSA) is 113 Å². The van der Waals surface area contributed by atoms with Crippen LogP contribution in [0, 0.1) is 6.92 Å². The number of aliphatic hydroxyl groups is 1. The number of methoxy groups -OCH3 is 1. The van der Waals surface area contributed by atoms with E-state index in [2.05, 4.69) is 4.72 Å². The van der Waals surface area contributed by atoms with Crippen LogP contribution >= 0.6 is 0 Å². The second-order valence-corrected chi connectivity index (χ2v) is 6.79. The van der Waals surface area contributed by atoms with E-state index in [1.165, 1.54) is 32.2 Å². The molecule has 0 aromatic heterocycles. The van der Waals surface area contributed by atoms with E-state index in [0.717, 1.165) is 0 Å². The molecule has 3 N–H and O–H groups in total. The fourth-order valence-corrected chi connectivity index (χ4v) is 2.99. The maximum absolute atomic E-state index is 12.1. The quantitative estimate of drug-likeness (QED) is 0.675. The summed E-state index contributed by atoms with van der Waals surface area (Å²) in [5, 5.41) is 18.4. The molecule has 1 unspecified atom stereocenters. The van der Waals surface area contributed by atoms with Crippen LogP contribution in [0.2, 0.25) is 0 Å². The minimum absolute atomic E-state index is 0.0203. The van der Waals surface area contributed by atoms with Crippen LogP contribution in [0.5, 0.6) is 5.75 Å². The zero-order valence-electron chi connectivity index (χ0n) is 12.1. The van der Waals surface area contributed by atoms with Crippen molar-refractivity contribution in [2.24, 2.45) is 0 Å². The molecule has 0 aliphatic carbocycles. The minimum atomic E-state index is -3.84. The number of rotatable bonds is 7. The molecule has 118 valence electrons. The number of sulfonamides is 1. The SMILES string of the molecule is COc1ccc(S(=O)(=O)NCC(C)(O)CC(=O)O)cc1C. The van der Waals surface area contributed by atoms with Gasteiger partial charge in [0.1, 0.15) is 5.75 Å². The molecular formula is C13H19NO6S. The fraction of sp³-hybridized carbons (Fsp3) is 0.462. The predicted octanol–water partition coefficient (Wildman–Crippen LogP) is 0.508. The van der Waals surface area contributed by atoms with Crippen LogP contribution in [0.4, 0.5) is 0 Å². The van der Waals surface area contributed by atoms with Crippen LogP contribution in [0.3, 0.4) is 0 Å². The molecular weight excluding hydrogens is 298 g/mol. The molecule has 0 bridgehead atoms. The molecule has 0 fully saturated rings. The molecule has 0 aliphatic heterocycles. The molecule has 1 rings (SSSR count). The van der Waals surface area contributed by atoms with E-state index >= 15 is 0 Å². The third-order valence-electron chi connectivity index (χ3n) is 2.85. The van der Waals surface area contributed by atoms with Crippen molar-refractivity contribution >= 4 is 16.0 Å². The van der Waals surface area contributed by atoms with Gasteiger partial charge in [0.05, 0.1) is 24.0 Å². The predicted molar refractivity (Wildman–Crippen MR) is 75.8 cm³/mol. The highest BCUT2D eigenvalue weighted by atomic mass is 32.2. The number of carboxylic acid groups (broad SMARTS) is 1. The van der Waals surface area contributed by atoms with Gasteiger partial charge in [0.15, 0.2) is 0 Å². The van der Waals surface area contributed by atoms with E-state index in [4.69, 9.17) is 9.84 Å². The number of hydrogen-bond acceptors (Lipinski definition) is 5. The number of ether oxygens (including phenoxy) is 1. The monoisotopic (exact) mass is 317 g/mol. The number of benzene rings is 1. The summed E-state index contributed by atoms with van der Waals surface area (Å²) in [5.41, 5.74) is -1.02. The van der Waals surface area contributed by atoms with E-state index in [1.54, 1.807) is 6.92 Å². The average molecular weight is 317 g/mol. The van der Waals surface area contributed by atoms with Gasteiger partial charge in [0.25, 0.3) is 0 Å². The summed E-state index contributed by atoms with van der Waals surface area (Å²) in [6.45, 7) is 2.56. The van der Waals surface area contributed by atoms with Gasteiger partial charge in [-0.05, 0) is 37.6 Å². The van der Waals surface area contributed by atoms with Crippen LogP contribution in [0.1, 0.15) is 18.9 Å². The van der Waals surface area contributed by atoms with Gasteiger partial charge in [-0.15, -0.1) is 0 Å². The van der Waals surface area contributed by atoms with Crippen LogP contribution in [0.15, 0.2) is 23.1 Å². The van der Waals surface area contributed by atoms with Crippen molar-refractivity contribution < 1.29 is 28.2 Å². The Labute approximate surface area is 123 Å². The van der Waals surface area contributed by atoms with Gasteiger partial charge in [-0.25, -0.2) is 13.1 Å². The summed E-state index contributed by atoms with van der Waals surface area (Å²) in [7, 11) is -2.35. The molecule has 0 heterocycles. The van der Waals surface area contributed by atoms with Crippen molar-refractivity contribution in [3.8, 4) is 5.75 Å². The van der Waals surface area contributed by atoms with Crippen LogP contribution in [-0.4, -0.2) is 43.9 Å². The minimum Gasteiger partial charge on any atom is -0.496 e. The highest BCUT2D eigenvalue weighted by molar-refractivity contribution is 7.89. The van der Waals surface area contributed by atoms with Gasteiger partial charge in [-0.1, -0.05) is 0 Å². The van der Waals surface area contributed by atoms with E-state index in [0.29, 0.717) is 11.3 Å². The summed E-state index contributed by atoms with van der Waals surface area (Å²) in [6, 6.07) is 4.34. The van der Waals surface area contributed by atoms with Crippen molar-refractivity contribution in [3.63, 3.8) is 0 Å². The lowest BCUT2D eigenvalue weighted by atomic mass is 10.0. The third-order valence-corrected chi connectivity index (χ3v) is 4.25. The Morgan fingerprint density at radius 3 is 2.52 bits per heavy atom. The van der Waals surface area contributed by atoms with Crippen molar-refractivity contribution in [2.75, 3.05) is 13.7 Å². The number of aliphatic carboxylic acids is 1. The molecule has 0 saturated carbocycles. The molecule has 1 atom stereocenters. The van der Waals surface area contributed by atoms with Crippen molar-refractivity contribution in [3.05, 3.63) is 23.8 Å². The average Bonchev–Trinajstić information content (AvgIpc) is 2.35. The molecule has 7 nitrogen and oxygen atoms in total. The molecule has 21 heavy (non-hydrogen) atoms. The number of hydrogen-bond donors (Lipinski definition) is 3. The maximum atomic E-state index is 12.1. The summed E-state index contributed by atoms with van der Waals surface area (Å²) < 4.78 is 31.5. The first-order valence-corrected chi connectivity index (χ1v) is 7.64. The molecule has 0 amide bonds. The Hall–Kier alpha value is -1.64. The Kier molecular flexibility index (Phi) is 5.32. The van der Waals surface area contributed by atoms with Crippen LogP contribution in [-0.2, 0) is 14.8 Å². The Morgan fingerprint density at radius 2 is 2.05 bits per heavy atom. The number of carboxylic acids is 1. The Bertz CT molecular complexity index is 624. The molecule has 1 aromatic rings. The summed E-state index contributed by atoms with van der Waals surface area (Å²) in [4.78, 5) is 10.6. The van der Waals surface area contributed by atoms with Gasteiger partial charge in [-0.2, -0.15) is 0 Å². The van der Waals surface area contributed by atoms with Crippen LogP contribution < -0.4 is 9.46 Å². The largest absolute Gasteiger partial charge is 0.496 e. The fourth-order valence-electron chi connectivity index (χ4n) is 1.74. The lowest BCUT2D eigenvalue weighted by Gasteiger charge is -2.21. The van der Waals surface area contributed by atoms with E-state index in [9.17, 15) is 18.3 Å². The first kappa shape index (κ1) is 17.4.